The molecule has 0 saturated carbocycles. The summed E-state index contributed by atoms with van der Waals surface area (Å²) >= 11 is 0. The predicted octanol–water partition coefficient (Wildman–Crippen LogP) is -1.06. The van der Waals surface area contributed by atoms with E-state index in [-0.39, 0.29) is 25.0 Å². The standard InChI is InChI=1S/C10H17NO7S/c1-18-9(13)4-3-7(10(14)15)11-8(12)5-6-19(2,16)17/h7H,3-6H2,1-2H3,(H,11,12)(H,14,15)/t7-/m0/s1. The topological polar surface area (TPSA) is 127 Å². The van der Waals surface area contributed by atoms with Crippen LogP contribution in [0.3, 0.4) is 0 Å². The molecule has 0 unspecified atom stereocenters. The quantitative estimate of drug-likeness (QED) is 0.546. The van der Waals surface area contributed by atoms with Crippen molar-refractivity contribution in [2.75, 3.05) is 19.1 Å². The highest BCUT2D eigenvalue weighted by Gasteiger charge is 2.21. The van der Waals surface area contributed by atoms with Gasteiger partial charge in [0.05, 0.1) is 12.9 Å². The van der Waals surface area contributed by atoms with Crippen molar-refractivity contribution in [2.45, 2.75) is 25.3 Å². The molecule has 0 aliphatic carbocycles. The second-order valence-electron chi connectivity index (χ2n) is 3.95. The van der Waals surface area contributed by atoms with Crippen molar-refractivity contribution in [3.8, 4) is 0 Å². The minimum Gasteiger partial charge on any atom is -0.480 e. The average molecular weight is 295 g/mol. The summed E-state index contributed by atoms with van der Waals surface area (Å²) in [5.41, 5.74) is 0. The molecule has 0 heterocycles. The van der Waals surface area contributed by atoms with Crippen LogP contribution in [0.1, 0.15) is 19.3 Å². The summed E-state index contributed by atoms with van der Waals surface area (Å²) < 4.78 is 26.1. The van der Waals surface area contributed by atoms with E-state index in [1.54, 1.807) is 0 Å². The van der Waals surface area contributed by atoms with Gasteiger partial charge >= 0.3 is 11.9 Å². The van der Waals surface area contributed by atoms with E-state index in [9.17, 15) is 22.8 Å². The van der Waals surface area contributed by atoms with Gasteiger partial charge in [-0.15, -0.1) is 0 Å². The Morgan fingerprint density at radius 1 is 1.26 bits per heavy atom. The van der Waals surface area contributed by atoms with Gasteiger partial charge < -0.3 is 15.2 Å². The van der Waals surface area contributed by atoms with E-state index >= 15 is 0 Å². The molecule has 19 heavy (non-hydrogen) atoms. The van der Waals surface area contributed by atoms with E-state index in [1.807, 2.05) is 0 Å². The number of hydrogen-bond donors (Lipinski definition) is 2. The highest BCUT2D eigenvalue weighted by atomic mass is 32.2. The lowest BCUT2D eigenvalue weighted by Crippen LogP contribution is -2.41. The van der Waals surface area contributed by atoms with Gasteiger partial charge in [0.25, 0.3) is 0 Å². The monoisotopic (exact) mass is 295 g/mol. The Labute approximate surface area is 111 Å². The van der Waals surface area contributed by atoms with Crippen molar-refractivity contribution in [2.24, 2.45) is 0 Å². The number of methoxy groups -OCH3 is 1. The Kier molecular flexibility index (Phi) is 7.05. The number of esters is 1. The fourth-order valence-corrected chi connectivity index (χ4v) is 1.72. The third kappa shape index (κ3) is 9.00. The minimum atomic E-state index is -3.29. The van der Waals surface area contributed by atoms with Gasteiger partial charge in [0, 0.05) is 19.1 Å². The van der Waals surface area contributed by atoms with Crippen LogP contribution in [0.25, 0.3) is 0 Å². The first kappa shape index (κ1) is 17.4. The van der Waals surface area contributed by atoms with E-state index in [2.05, 4.69) is 10.1 Å². The third-order valence-electron chi connectivity index (χ3n) is 2.20. The first-order chi connectivity index (χ1) is 8.65. The number of carboxylic acid groups (broad SMARTS) is 1. The van der Waals surface area contributed by atoms with Gasteiger partial charge in [-0.3, -0.25) is 9.59 Å². The first-order valence-corrected chi connectivity index (χ1v) is 7.48. The summed E-state index contributed by atoms with van der Waals surface area (Å²) in [6.45, 7) is 0. The Balaban J connectivity index is 4.31. The molecule has 9 heteroatoms. The van der Waals surface area contributed by atoms with Crippen molar-refractivity contribution in [3.05, 3.63) is 0 Å². The SMILES string of the molecule is COC(=O)CC[C@H](NC(=O)CCS(C)(=O)=O)C(=O)O. The van der Waals surface area contributed by atoms with Crippen LogP contribution in [0.4, 0.5) is 0 Å². The van der Waals surface area contributed by atoms with Crippen LogP contribution in [0.2, 0.25) is 0 Å². The van der Waals surface area contributed by atoms with Crippen molar-refractivity contribution in [1.82, 2.24) is 5.32 Å². The second-order valence-corrected chi connectivity index (χ2v) is 6.21. The molecular formula is C10H17NO7S. The van der Waals surface area contributed by atoms with E-state index in [1.165, 1.54) is 7.11 Å². The lowest BCUT2D eigenvalue weighted by molar-refractivity contribution is -0.144. The summed E-state index contributed by atoms with van der Waals surface area (Å²) in [4.78, 5) is 33.1. The van der Waals surface area contributed by atoms with Gasteiger partial charge in [-0.25, -0.2) is 13.2 Å². The van der Waals surface area contributed by atoms with Gasteiger partial charge in [-0.1, -0.05) is 0 Å². The molecule has 0 aromatic rings. The molecule has 1 atom stereocenters. The zero-order valence-electron chi connectivity index (χ0n) is 10.7. The Morgan fingerprint density at radius 2 is 1.84 bits per heavy atom. The average Bonchev–Trinajstić information content (AvgIpc) is 2.30. The van der Waals surface area contributed by atoms with Crippen LogP contribution in [-0.2, 0) is 29.0 Å². The van der Waals surface area contributed by atoms with E-state index in [0.717, 1.165) is 6.26 Å². The number of nitrogens with one attached hydrogen (secondary N) is 1. The zero-order valence-corrected chi connectivity index (χ0v) is 11.5. The molecular weight excluding hydrogens is 278 g/mol. The molecule has 1 amide bonds. The largest absolute Gasteiger partial charge is 0.480 e. The molecule has 2 N–H and O–H groups in total. The summed E-state index contributed by atoms with van der Waals surface area (Å²) in [6.07, 6.45) is 0.388. The third-order valence-corrected chi connectivity index (χ3v) is 3.14. The van der Waals surface area contributed by atoms with E-state index in [0.29, 0.717) is 0 Å². The van der Waals surface area contributed by atoms with Gasteiger partial charge in [0.1, 0.15) is 15.9 Å². The molecule has 0 aliphatic rings. The molecule has 0 fully saturated rings. The van der Waals surface area contributed by atoms with Crippen LogP contribution >= 0.6 is 0 Å². The van der Waals surface area contributed by atoms with Crippen molar-refractivity contribution in [3.63, 3.8) is 0 Å². The van der Waals surface area contributed by atoms with E-state index < -0.39 is 33.7 Å². The van der Waals surface area contributed by atoms with Crippen LogP contribution < -0.4 is 5.32 Å². The maximum absolute atomic E-state index is 11.4. The Morgan fingerprint density at radius 3 is 2.26 bits per heavy atom. The number of carbonyl (C=O) groups is 3. The highest BCUT2D eigenvalue weighted by Crippen LogP contribution is 2.00. The maximum Gasteiger partial charge on any atom is 0.326 e. The van der Waals surface area contributed by atoms with Crippen molar-refractivity contribution >= 4 is 27.7 Å². The zero-order chi connectivity index (χ0) is 15.1. The van der Waals surface area contributed by atoms with Crippen molar-refractivity contribution < 1.29 is 32.6 Å². The van der Waals surface area contributed by atoms with Crippen molar-refractivity contribution in [1.29, 1.82) is 0 Å². The summed E-state index contributed by atoms with van der Waals surface area (Å²) in [6, 6.07) is -1.24. The summed E-state index contributed by atoms with van der Waals surface area (Å²) in [5, 5.41) is 11.0. The smallest absolute Gasteiger partial charge is 0.326 e. The molecule has 0 rings (SSSR count). The highest BCUT2D eigenvalue weighted by molar-refractivity contribution is 7.90. The molecule has 8 nitrogen and oxygen atoms in total. The minimum absolute atomic E-state index is 0.118. The lowest BCUT2D eigenvalue weighted by atomic mass is 10.1. The molecule has 0 aromatic heterocycles. The molecule has 0 bridgehead atoms. The molecule has 0 aliphatic heterocycles. The van der Waals surface area contributed by atoms with Gasteiger partial charge in [-0.2, -0.15) is 0 Å². The van der Waals surface area contributed by atoms with Gasteiger partial charge in [0.2, 0.25) is 5.91 Å². The number of rotatable bonds is 8. The first-order valence-electron chi connectivity index (χ1n) is 5.42. The van der Waals surface area contributed by atoms with Crippen LogP contribution in [-0.4, -0.2) is 56.5 Å². The second kappa shape index (κ2) is 7.72. The number of aliphatic carboxylic acids is 1. The molecule has 0 radical (unpaired) electrons. The van der Waals surface area contributed by atoms with E-state index in [4.69, 9.17) is 5.11 Å². The lowest BCUT2D eigenvalue weighted by Gasteiger charge is -2.13. The Hall–Kier alpha value is -1.64. The molecule has 0 spiro atoms. The van der Waals surface area contributed by atoms with Gasteiger partial charge in [-0.05, 0) is 6.42 Å². The number of amides is 1. The predicted molar refractivity (Wildman–Crippen MR) is 65.1 cm³/mol. The van der Waals surface area contributed by atoms with Crippen LogP contribution in [0.5, 0.6) is 0 Å². The normalized spacial score (nSPS) is 12.5. The number of hydrogen-bond acceptors (Lipinski definition) is 6. The number of sulfone groups is 1. The summed E-state index contributed by atoms with van der Waals surface area (Å²) in [7, 11) is -2.12. The van der Waals surface area contributed by atoms with Crippen LogP contribution in [0.15, 0.2) is 0 Å². The molecule has 0 aromatic carbocycles. The molecule has 0 saturated heterocycles. The fraction of sp³-hybridized carbons (Fsp3) is 0.700. The maximum atomic E-state index is 11.4. The number of carboxylic acids is 1. The Bertz CT molecular complexity index is 443. The van der Waals surface area contributed by atoms with Gasteiger partial charge in [0.15, 0.2) is 0 Å². The summed E-state index contributed by atoms with van der Waals surface area (Å²) in [5.74, 6) is -2.93. The molecule has 110 valence electrons. The number of carbonyl (C=O) groups excluding carboxylic acids is 2. The van der Waals surface area contributed by atoms with Crippen LogP contribution in [0, 0.1) is 0 Å². The number of ether oxygens (including phenoxy) is 1. The fourth-order valence-electron chi connectivity index (χ4n) is 1.17.